The smallest absolute Gasteiger partial charge is 0.271 e. The monoisotopic (exact) mass is 732 g/mol. The second-order valence-electron chi connectivity index (χ2n) is 8.68. The maximum Gasteiger partial charge on any atom is 0.271 e. The molecular weight excluding hydrogens is 714 g/mol. The molecule has 0 aliphatic heterocycles. The van der Waals surface area contributed by atoms with Gasteiger partial charge < -0.3 is 10.1 Å². The average molecular weight is 734 g/mol. The Morgan fingerprint density at radius 1 is 0.951 bits per heavy atom. The van der Waals surface area contributed by atoms with Crippen LogP contribution in [0.2, 0.25) is 15.1 Å². The molecule has 0 aliphatic rings. The van der Waals surface area contributed by atoms with Crippen LogP contribution in [-0.4, -0.2) is 17.1 Å². The highest BCUT2D eigenvalue weighted by Gasteiger charge is 2.11. The highest BCUT2D eigenvalue weighted by atomic mass is 127. The Balaban J connectivity index is 1.16. The van der Waals surface area contributed by atoms with Crippen LogP contribution in [0.5, 0.6) is 5.75 Å². The third-order valence-electron chi connectivity index (χ3n) is 5.74. The first kappa shape index (κ1) is 29.3. The summed E-state index contributed by atoms with van der Waals surface area (Å²) in [7, 11) is 0. The lowest BCUT2D eigenvalue weighted by atomic mass is 10.1. The highest BCUT2D eigenvalue weighted by Crippen LogP contribution is 2.34. The number of rotatable bonds is 9. The molecule has 6 nitrogen and oxygen atoms in total. The van der Waals surface area contributed by atoms with E-state index in [2.05, 4.69) is 43.4 Å². The SMILES string of the molecule is O=C(N/N=C\c1cc(Cl)c(OCc2ccc(I)cc2)c(Cl)c1)c1ccc(-c2csc(Nc3ccc(Cl)cc3)n2)cc1. The molecule has 4 aromatic carbocycles. The minimum Gasteiger partial charge on any atom is -0.486 e. The topological polar surface area (TPSA) is 75.6 Å². The molecule has 1 heterocycles. The molecule has 0 atom stereocenters. The number of nitrogens with one attached hydrogen (secondary N) is 2. The lowest BCUT2D eigenvalue weighted by molar-refractivity contribution is 0.0955. The maximum absolute atomic E-state index is 12.6. The van der Waals surface area contributed by atoms with E-state index in [-0.39, 0.29) is 5.91 Å². The Bertz CT molecular complexity index is 1670. The average Bonchev–Trinajstić information content (AvgIpc) is 3.43. The Kier molecular flexibility index (Phi) is 9.79. The molecule has 1 amide bonds. The Hall–Kier alpha value is -3.15. The van der Waals surface area contributed by atoms with Gasteiger partial charge in [0.15, 0.2) is 10.9 Å². The standard InChI is InChI=1S/C30H20Cl3IN4O2S/c31-22-7-11-24(12-8-22)36-30-37-27(17-41-30)20-3-5-21(6-4-20)29(39)38-35-15-19-13-25(32)28(26(33)14-19)40-16-18-1-9-23(34)10-2-18/h1-15,17H,16H2,(H,36,37)(H,38,39)/b35-15-. The van der Waals surface area contributed by atoms with Crippen LogP contribution in [0.1, 0.15) is 21.5 Å². The van der Waals surface area contributed by atoms with Gasteiger partial charge in [-0.1, -0.05) is 59.1 Å². The zero-order valence-electron chi connectivity index (χ0n) is 21.1. The van der Waals surface area contributed by atoms with Crippen molar-refractivity contribution in [3.63, 3.8) is 0 Å². The number of amides is 1. The molecule has 0 bridgehead atoms. The summed E-state index contributed by atoms with van der Waals surface area (Å²) in [5, 5.41) is 11.4. The van der Waals surface area contributed by atoms with Crippen LogP contribution in [0.25, 0.3) is 11.3 Å². The van der Waals surface area contributed by atoms with Gasteiger partial charge in [-0.05, 0) is 94.4 Å². The van der Waals surface area contributed by atoms with Gasteiger partial charge in [-0.15, -0.1) is 11.3 Å². The summed E-state index contributed by atoms with van der Waals surface area (Å²) in [6, 6.07) is 25.9. The summed E-state index contributed by atoms with van der Waals surface area (Å²) >= 11 is 22.5. The molecule has 2 N–H and O–H groups in total. The van der Waals surface area contributed by atoms with Gasteiger partial charge in [-0.25, -0.2) is 10.4 Å². The van der Waals surface area contributed by atoms with Crippen LogP contribution in [-0.2, 0) is 6.61 Å². The summed E-state index contributed by atoms with van der Waals surface area (Å²) in [5.74, 6) is 0.0343. The fraction of sp³-hybridized carbons (Fsp3) is 0.0333. The predicted octanol–water partition coefficient (Wildman–Crippen LogP) is 9.46. The number of carbonyl (C=O) groups excluding carboxylic acids is 1. The van der Waals surface area contributed by atoms with Crippen molar-refractivity contribution in [2.45, 2.75) is 6.61 Å². The molecule has 5 aromatic rings. The zero-order valence-corrected chi connectivity index (χ0v) is 26.3. The molecule has 0 radical (unpaired) electrons. The quantitative estimate of drug-likeness (QED) is 0.0900. The van der Waals surface area contributed by atoms with Gasteiger partial charge in [0.1, 0.15) is 6.61 Å². The van der Waals surface area contributed by atoms with Gasteiger partial charge in [0.05, 0.1) is 22.0 Å². The van der Waals surface area contributed by atoms with Crippen molar-refractivity contribution in [1.82, 2.24) is 10.4 Å². The fourth-order valence-corrected chi connectivity index (χ4v) is 5.51. The zero-order chi connectivity index (χ0) is 28.8. The van der Waals surface area contributed by atoms with Crippen LogP contribution in [0.15, 0.2) is 95.4 Å². The van der Waals surface area contributed by atoms with Gasteiger partial charge in [0.2, 0.25) is 0 Å². The first-order chi connectivity index (χ1) is 19.8. The van der Waals surface area contributed by atoms with Gasteiger partial charge in [0, 0.05) is 30.8 Å². The van der Waals surface area contributed by atoms with E-state index in [4.69, 9.17) is 39.5 Å². The van der Waals surface area contributed by atoms with Gasteiger partial charge in [-0.3, -0.25) is 4.79 Å². The second-order valence-corrected chi connectivity index (χ2v) is 12.0. The fourth-order valence-electron chi connectivity index (χ4n) is 3.67. The highest BCUT2D eigenvalue weighted by molar-refractivity contribution is 14.1. The van der Waals surface area contributed by atoms with Gasteiger partial charge in [-0.2, -0.15) is 5.10 Å². The van der Waals surface area contributed by atoms with E-state index in [0.717, 1.165) is 31.2 Å². The molecule has 41 heavy (non-hydrogen) atoms. The molecular formula is C30H20Cl3IN4O2S. The minimum absolute atomic E-state index is 0.336. The predicted molar refractivity (Wildman–Crippen MR) is 177 cm³/mol. The normalized spacial score (nSPS) is 11.0. The van der Waals surface area contributed by atoms with Crippen LogP contribution >= 0.6 is 68.7 Å². The number of hydrazone groups is 1. The van der Waals surface area contributed by atoms with Crippen molar-refractivity contribution in [1.29, 1.82) is 0 Å². The number of carbonyl (C=O) groups is 1. The molecule has 0 saturated heterocycles. The largest absolute Gasteiger partial charge is 0.486 e. The second kappa shape index (κ2) is 13.7. The van der Waals surface area contributed by atoms with E-state index in [1.54, 1.807) is 24.3 Å². The number of hydrogen-bond acceptors (Lipinski definition) is 6. The molecule has 206 valence electrons. The van der Waals surface area contributed by atoms with Crippen molar-refractivity contribution >= 4 is 91.7 Å². The summed E-state index contributed by atoms with van der Waals surface area (Å²) < 4.78 is 6.97. The van der Waals surface area contributed by atoms with E-state index in [1.807, 2.05) is 66.0 Å². The molecule has 0 saturated carbocycles. The summed E-state index contributed by atoms with van der Waals surface area (Å²) in [6.07, 6.45) is 1.47. The van der Waals surface area contributed by atoms with E-state index < -0.39 is 0 Å². The molecule has 5 rings (SSSR count). The van der Waals surface area contributed by atoms with Gasteiger partial charge >= 0.3 is 0 Å². The van der Waals surface area contributed by atoms with Crippen LogP contribution in [0.4, 0.5) is 10.8 Å². The van der Waals surface area contributed by atoms with Crippen molar-refractivity contribution in [3.05, 3.63) is 126 Å². The summed E-state index contributed by atoms with van der Waals surface area (Å²) in [5.41, 5.74) is 7.18. The molecule has 11 heteroatoms. The van der Waals surface area contributed by atoms with Gasteiger partial charge in [0.25, 0.3) is 5.91 Å². The third-order valence-corrected chi connectivity index (χ3v) is 8.03. The molecule has 0 fully saturated rings. The third kappa shape index (κ3) is 7.99. The van der Waals surface area contributed by atoms with Crippen LogP contribution in [0, 0.1) is 3.57 Å². The Morgan fingerprint density at radius 2 is 1.63 bits per heavy atom. The van der Waals surface area contributed by atoms with Crippen molar-refractivity contribution in [2.24, 2.45) is 5.10 Å². The number of anilines is 2. The van der Waals surface area contributed by atoms with Crippen molar-refractivity contribution < 1.29 is 9.53 Å². The lowest BCUT2D eigenvalue weighted by Crippen LogP contribution is -2.17. The van der Waals surface area contributed by atoms with E-state index >= 15 is 0 Å². The number of thiazole rings is 1. The maximum atomic E-state index is 12.6. The Labute approximate surface area is 269 Å². The first-order valence-electron chi connectivity index (χ1n) is 12.1. The Morgan fingerprint density at radius 3 is 2.32 bits per heavy atom. The van der Waals surface area contributed by atoms with E-state index in [9.17, 15) is 4.79 Å². The lowest BCUT2D eigenvalue weighted by Gasteiger charge is -2.11. The summed E-state index contributed by atoms with van der Waals surface area (Å²) in [4.78, 5) is 17.2. The number of hydrogen-bond donors (Lipinski definition) is 2. The molecule has 0 spiro atoms. The molecule has 0 unspecified atom stereocenters. The van der Waals surface area contributed by atoms with Crippen LogP contribution < -0.4 is 15.5 Å². The van der Waals surface area contributed by atoms with E-state index in [0.29, 0.717) is 38.6 Å². The number of halogens is 4. The number of benzene rings is 4. The first-order valence-corrected chi connectivity index (χ1v) is 15.2. The number of ether oxygens (including phenoxy) is 1. The van der Waals surface area contributed by atoms with Crippen molar-refractivity contribution in [3.8, 4) is 17.0 Å². The van der Waals surface area contributed by atoms with E-state index in [1.165, 1.54) is 17.6 Å². The number of nitrogens with zero attached hydrogens (tertiary/aromatic N) is 2. The summed E-state index contributed by atoms with van der Waals surface area (Å²) in [6.45, 7) is 0.336. The minimum atomic E-state index is -0.356. The van der Waals surface area contributed by atoms with Crippen LogP contribution in [0.3, 0.4) is 0 Å². The molecule has 1 aromatic heterocycles. The molecule has 0 aliphatic carbocycles. The number of aromatic nitrogens is 1. The van der Waals surface area contributed by atoms with Crippen molar-refractivity contribution in [2.75, 3.05) is 5.32 Å².